The highest BCUT2D eigenvalue weighted by Crippen LogP contribution is 2.34. The Balaban J connectivity index is 1.98. The van der Waals surface area contributed by atoms with Crippen LogP contribution in [0.25, 0.3) is 0 Å². The molecule has 1 aromatic rings. The summed E-state index contributed by atoms with van der Waals surface area (Å²) < 4.78 is 12.8. The topological polar surface area (TPSA) is 12.0 Å². The first kappa shape index (κ1) is 11.6. The zero-order chi connectivity index (χ0) is 11.5. The minimum absolute atomic E-state index is 0.142. The Morgan fingerprint density at radius 2 is 1.94 bits per heavy atom. The molecular formula is C14H20FN. The molecule has 0 bridgehead atoms. The minimum Gasteiger partial charge on any atom is -0.317 e. The van der Waals surface area contributed by atoms with Gasteiger partial charge in [0, 0.05) is 6.04 Å². The van der Waals surface area contributed by atoms with Crippen molar-refractivity contribution in [2.45, 2.75) is 32.2 Å². The summed E-state index contributed by atoms with van der Waals surface area (Å²) >= 11 is 0. The summed E-state index contributed by atoms with van der Waals surface area (Å²) in [5.41, 5.74) is 1.26. The van der Waals surface area contributed by atoms with Gasteiger partial charge in [-0.3, -0.25) is 0 Å². The molecular weight excluding hydrogens is 201 g/mol. The molecule has 1 N–H and O–H groups in total. The molecule has 0 aromatic heterocycles. The maximum Gasteiger partial charge on any atom is 0.123 e. The summed E-state index contributed by atoms with van der Waals surface area (Å²) in [5, 5.41) is 3.38. The quantitative estimate of drug-likeness (QED) is 0.827. The fraction of sp³-hybridized carbons (Fsp3) is 0.571. The van der Waals surface area contributed by atoms with Gasteiger partial charge in [-0.25, -0.2) is 4.39 Å². The van der Waals surface area contributed by atoms with Crippen LogP contribution >= 0.6 is 0 Å². The van der Waals surface area contributed by atoms with E-state index in [9.17, 15) is 4.39 Å². The lowest BCUT2D eigenvalue weighted by Crippen LogP contribution is -2.29. The normalized spacial score (nSPS) is 29.6. The maximum absolute atomic E-state index is 12.8. The molecule has 0 radical (unpaired) electrons. The van der Waals surface area contributed by atoms with Crippen LogP contribution in [0.4, 0.5) is 4.39 Å². The Kier molecular flexibility index (Phi) is 3.59. The average molecular weight is 221 g/mol. The van der Waals surface area contributed by atoms with E-state index in [1.54, 1.807) is 12.1 Å². The van der Waals surface area contributed by atoms with Gasteiger partial charge in [0.05, 0.1) is 0 Å². The molecule has 0 saturated heterocycles. The molecule has 1 nitrogen and oxygen atoms in total. The van der Waals surface area contributed by atoms with E-state index in [2.05, 4.69) is 12.2 Å². The van der Waals surface area contributed by atoms with Crippen LogP contribution in [0.2, 0.25) is 0 Å². The van der Waals surface area contributed by atoms with Gasteiger partial charge < -0.3 is 5.32 Å². The van der Waals surface area contributed by atoms with E-state index in [1.165, 1.54) is 18.4 Å². The number of hydrogen-bond acceptors (Lipinski definition) is 1. The van der Waals surface area contributed by atoms with E-state index in [0.29, 0.717) is 6.04 Å². The molecule has 0 spiro atoms. The summed E-state index contributed by atoms with van der Waals surface area (Å²) in [6.45, 7) is 2.32. The molecule has 3 unspecified atom stereocenters. The Hall–Kier alpha value is -0.890. The van der Waals surface area contributed by atoms with Gasteiger partial charge in [0.25, 0.3) is 0 Å². The Labute approximate surface area is 97.1 Å². The number of rotatable bonds is 3. The van der Waals surface area contributed by atoms with E-state index in [1.807, 2.05) is 19.2 Å². The monoisotopic (exact) mass is 221 g/mol. The van der Waals surface area contributed by atoms with E-state index >= 15 is 0 Å². The highest BCUT2D eigenvalue weighted by atomic mass is 19.1. The number of halogens is 1. The first-order chi connectivity index (χ1) is 7.70. The molecule has 2 heteroatoms. The van der Waals surface area contributed by atoms with Crippen molar-refractivity contribution in [3.05, 3.63) is 35.6 Å². The van der Waals surface area contributed by atoms with Gasteiger partial charge in [0.1, 0.15) is 5.82 Å². The molecule has 1 aliphatic carbocycles. The summed E-state index contributed by atoms with van der Waals surface area (Å²) in [7, 11) is 2.04. The highest BCUT2D eigenvalue weighted by Gasteiger charge is 2.31. The molecule has 1 aliphatic rings. The zero-order valence-corrected chi connectivity index (χ0v) is 10.0. The molecule has 1 aromatic carbocycles. The molecule has 0 aliphatic heterocycles. The second-order valence-electron chi connectivity index (χ2n) is 4.92. The fourth-order valence-corrected chi connectivity index (χ4v) is 2.87. The lowest BCUT2D eigenvalue weighted by Gasteiger charge is -2.20. The first-order valence-electron chi connectivity index (χ1n) is 6.12. The van der Waals surface area contributed by atoms with Crippen molar-refractivity contribution in [2.75, 3.05) is 7.05 Å². The van der Waals surface area contributed by atoms with Crippen LogP contribution in [0.1, 0.15) is 25.3 Å². The van der Waals surface area contributed by atoms with E-state index < -0.39 is 0 Å². The molecule has 16 heavy (non-hydrogen) atoms. The molecule has 88 valence electrons. The van der Waals surface area contributed by atoms with Crippen molar-refractivity contribution >= 4 is 0 Å². The van der Waals surface area contributed by atoms with E-state index in [-0.39, 0.29) is 5.82 Å². The fourth-order valence-electron chi connectivity index (χ4n) is 2.87. The van der Waals surface area contributed by atoms with Crippen LogP contribution in [0, 0.1) is 17.7 Å². The highest BCUT2D eigenvalue weighted by molar-refractivity contribution is 5.17. The lowest BCUT2D eigenvalue weighted by molar-refractivity contribution is 0.364. The Bertz CT molecular complexity index is 333. The van der Waals surface area contributed by atoms with E-state index in [0.717, 1.165) is 18.3 Å². The van der Waals surface area contributed by atoms with Crippen molar-refractivity contribution in [1.29, 1.82) is 0 Å². The van der Waals surface area contributed by atoms with Crippen LogP contribution in [-0.4, -0.2) is 13.1 Å². The van der Waals surface area contributed by atoms with Crippen LogP contribution < -0.4 is 5.32 Å². The van der Waals surface area contributed by atoms with Crippen LogP contribution in [-0.2, 0) is 6.42 Å². The van der Waals surface area contributed by atoms with Gasteiger partial charge in [-0.1, -0.05) is 19.1 Å². The van der Waals surface area contributed by atoms with Crippen molar-refractivity contribution in [3.8, 4) is 0 Å². The van der Waals surface area contributed by atoms with Crippen LogP contribution in [0.5, 0.6) is 0 Å². The Morgan fingerprint density at radius 3 is 2.50 bits per heavy atom. The van der Waals surface area contributed by atoms with Crippen molar-refractivity contribution in [2.24, 2.45) is 11.8 Å². The van der Waals surface area contributed by atoms with Gasteiger partial charge >= 0.3 is 0 Å². The number of benzene rings is 1. The summed E-state index contributed by atoms with van der Waals surface area (Å²) in [5.74, 6) is 1.31. The van der Waals surface area contributed by atoms with Crippen molar-refractivity contribution in [3.63, 3.8) is 0 Å². The second-order valence-corrected chi connectivity index (χ2v) is 4.92. The molecule has 2 rings (SSSR count). The van der Waals surface area contributed by atoms with E-state index in [4.69, 9.17) is 0 Å². The third-order valence-corrected chi connectivity index (χ3v) is 4.01. The first-order valence-corrected chi connectivity index (χ1v) is 6.12. The summed E-state index contributed by atoms with van der Waals surface area (Å²) in [4.78, 5) is 0. The summed E-state index contributed by atoms with van der Waals surface area (Å²) in [6.07, 6.45) is 3.63. The molecule has 3 atom stereocenters. The largest absolute Gasteiger partial charge is 0.317 e. The standard InChI is InChI=1S/C14H20FN/c1-10-12(5-8-14(10)16-2)9-11-3-6-13(15)7-4-11/h3-4,6-7,10,12,14,16H,5,8-9H2,1-2H3. The van der Waals surface area contributed by atoms with Gasteiger partial charge in [-0.15, -0.1) is 0 Å². The molecule has 0 heterocycles. The maximum atomic E-state index is 12.8. The van der Waals surface area contributed by atoms with Gasteiger partial charge in [-0.05, 0) is 55.8 Å². The Morgan fingerprint density at radius 1 is 1.25 bits per heavy atom. The zero-order valence-electron chi connectivity index (χ0n) is 10.0. The van der Waals surface area contributed by atoms with Crippen LogP contribution in [0.15, 0.2) is 24.3 Å². The minimum atomic E-state index is -0.142. The third-order valence-electron chi connectivity index (χ3n) is 4.01. The lowest BCUT2D eigenvalue weighted by atomic mass is 9.89. The van der Waals surface area contributed by atoms with Gasteiger partial charge in [0.2, 0.25) is 0 Å². The van der Waals surface area contributed by atoms with Crippen molar-refractivity contribution < 1.29 is 4.39 Å². The molecule has 1 saturated carbocycles. The van der Waals surface area contributed by atoms with Crippen molar-refractivity contribution in [1.82, 2.24) is 5.32 Å². The molecule has 0 amide bonds. The predicted octanol–water partition coefficient (Wildman–Crippen LogP) is 3.00. The smallest absolute Gasteiger partial charge is 0.123 e. The van der Waals surface area contributed by atoms with Gasteiger partial charge in [0.15, 0.2) is 0 Å². The predicted molar refractivity (Wildman–Crippen MR) is 64.8 cm³/mol. The summed E-state index contributed by atoms with van der Waals surface area (Å²) in [6, 6.07) is 7.60. The third kappa shape index (κ3) is 2.43. The second kappa shape index (κ2) is 4.96. The average Bonchev–Trinajstić information content (AvgIpc) is 2.63. The van der Waals surface area contributed by atoms with Crippen LogP contribution in [0.3, 0.4) is 0 Å². The molecule has 1 fully saturated rings. The number of nitrogens with one attached hydrogen (secondary N) is 1. The SMILES string of the molecule is CNC1CCC(Cc2ccc(F)cc2)C1C. The van der Waals surface area contributed by atoms with Gasteiger partial charge in [-0.2, -0.15) is 0 Å². The number of hydrogen-bond donors (Lipinski definition) is 1.